The number of aromatic amines is 1. The summed E-state index contributed by atoms with van der Waals surface area (Å²) in [7, 11) is 0. The van der Waals surface area contributed by atoms with Crippen molar-refractivity contribution >= 4 is 23.0 Å². The molecular weight excluding hydrogens is 490 g/mol. The Kier molecular flexibility index (Phi) is 8.58. The minimum Gasteiger partial charge on any atom is -0.366 e. The second-order valence-corrected chi connectivity index (χ2v) is 10.7. The van der Waals surface area contributed by atoms with E-state index in [-0.39, 0.29) is 0 Å². The molecule has 5 rings (SSSR count). The van der Waals surface area contributed by atoms with Crippen LogP contribution in [0, 0.1) is 0 Å². The summed E-state index contributed by atoms with van der Waals surface area (Å²) >= 11 is 5.89. The van der Waals surface area contributed by atoms with Gasteiger partial charge in [-0.15, -0.1) is 10.2 Å². The lowest BCUT2D eigenvalue weighted by Crippen LogP contribution is -2.38. The van der Waals surface area contributed by atoms with Gasteiger partial charge in [-0.1, -0.05) is 74.1 Å². The summed E-state index contributed by atoms with van der Waals surface area (Å²) in [6, 6.07) is 17.0. The number of hydrogen-bond acceptors (Lipinski definition) is 6. The van der Waals surface area contributed by atoms with Crippen molar-refractivity contribution in [3.8, 4) is 22.5 Å². The smallest absolute Gasteiger partial charge is 0.205 e. The molecule has 1 N–H and O–H groups in total. The summed E-state index contributed by atoms with van der Waals surface area (Å²) in [6.45, 7) is 8.33. The second-order valence-electron chi connectivity index (χ2n) is 10.3. The average Bonchev–Trinajstić information content (AvgIpc) is 3.50. The highest BCUT2D eigenvalue weighted by Gasteiger charge is 2.23. The molecule has 0 aliphatic carbocycles. The van der Waals surface area contributed by atoms with Crippen molar-refractivity contribution in [3.05, 3.63) is 65.4 Å². The predicted octanol–water partition coefficient (Wildman–Crippen LogP) is 6.42. The Morgan fingerprint density at radius 1 is 1.00 bits per heavy atom. The molecule has 38 heavy (non-hydrogen) atoms. The zero-order chi connectivity index (χ0) is 26.3. The second kappa shape index (κ2) is 12.4. The van der Waals surface area contributed by atoms with Gasteiger partial charge in [0.25, 0.3) is 0 Å². The molecule has 2 aliphatic heterocycles. The number of unbranched alkanes of at least 4 members (excludes halogenated alkanes) is 1. The Hall–Kier alpha value is -3.39. The summed E-state index contributed by atoms with van der Waals surface area (Å²) < 4.78 is 0. The summed E-state index contributed by atoms with van der Waals surface area (Å²) in [5.74, 6) is 1.80. The number of aromatic nitrogens is 4. The van der Waals surface area contributed by atoms with Crippen LogP contribution in [0.1, 0.15) is 64.4 Å². The van der Waals surface area contributed by atoms with E-state index in [2.05, 4.69) is 74.6 Å². The Bertz CT molecular complexity index is 1290. The number of thiocarbonyl (C=S) groups is 1. The van der Waals surface area contributed by atoms with Gasteiger partial charge in [-0.2, -0.15) is 5.21 Å². The van der Waals surface area contributed by atoms with Gasteiger partial charge in [-0.05, 0) is 60.1 Å². The standard InChI is InChI=1S/C30H37N7S/c1-3-4-12-28-31-22(2)25(19-29(38)36-17-8-5-9-18-36)21-37(28)20-23-13-15-24(16-14-23)26-10-6-7-11-27(26)30-32-34-35-33-30/h6-7,10-11,13-16H,3-5,8-9,12,17-21H2,1-2H3,(H,32,33,34,35). The lowest BCUT2D eigenvalue weighted by atomic mass is 9.98. The van der Waals surface area contributed by atoms with Crippen LogP contribution in [-0.2, 0) is 6.54 Å². The number of allylic oxidation sites excluding steroid dienone is 1. The van der Waals surface area contributed by atoms with Crippen molar-refractivity contribution in [1.82, 2.24) is 30.4 Å². The lowest BCUT2D eigenvalue weighted by molar-refractivity contribution is 0.342. The van der Waals surface area contributed by atoms with Gasteiger partial charge in [0, 0.05) is 50.3 Å². The molecule has 1 saturated heterocycles. The molecule has 8 heteroatoms. The zero-order valence-electron chi connectivity index (χ0n) is 22.5. The van der Waals surface area contributed by atoms with Crippen LogP contribution in [-0.4, -0.2) is 60.9 Å². The quantitative estimate of drug-likeness (QED) is 0.324. The SMILES string of the molecule is CCCCC1=NC(C)=C(CC(=S)N2CCCCC2)CN1Cc1ccc(-c2ccccc2-c2nn[nH]n2)cc1. The fourth-order valence-corrected chi connectivity index (χ4v) is 5.67. The van der Waals surface area contributed by atoms with Crippen LogP contribution in [0.15, 0.2) is 64.8 Å². The molecule has 0 amide bonds. The first-order chi connectivity index (χ1) is 18.6. The number of likely N-dealkylation sites (tertiary alicyclic amines) is 1. The molecule has 7 nitrogen and oxygen atoms in total. The maximum absolute atomic E-state index is 5.89. The number of piperidine rings is 1. The average molecular weight is 528 g/mol. The summed E-state index contributed by atoms with van der Waals surface area (Å²) in [5.41, 5.74) is 6.97. The van der Waals surface area contributed by atoms with Crippen molar-refractivity contribution in [2.24, 2.45) is 4.99 Å². The summed E-state index contributed by atoms with van der Waals surface area (Å²) in [4.78, 5) is 11.0. The summed E-state index contributed by atoms with van der Waals surface area (Å²) in [5, 5.41) is 14.6. The van der Waals surface area contributed by atoms with Crippen molar-refractivity contribution in [1.29, 1.82) is 0 Å². The van der Waals surface area contributed by atoms with Gasteiger partial charge in [-0.3, -0.25) is 0 Å². The molecule has 198 valence electrons. The van der Waals surface area contributed by atoms with E-state index in [1.807, 2.05) is 18.2 Å². The topological polar surface area (TPSA) is 73.3 Å². The number of aliphatic imine (C=N–C) groups is 1. The number of benzene rings is 2. The highest BCUT2D eigenvalue weighted by Crippen LogP contribution is 2.30. The van der Waals surface area contributed by atoms with Crippen molar-refractivity contribution < 1.29 is 0 Å². The van der Waals surface area contributed by atoms with Crippen molar-refractivity contribution in [2.45, 2.75) is 65.3 Å². The van der Waals surface area contributed by atoms with E-state index in [0.717, 1.165) is 79.2 Å². The third-order valence-corrected chi connectivity index (χ3v) is 7.94. The number of tetrazole rings is 1. The van der Waals surface area contributed by atoms with E-state index in [4.69, 9.17) is 17.2 Å². The fourth-order valence-electron chi connectivity index (χ4n) is 5.31. The first kappa shape index (κ1) is 26.2. The predicted molar refractivity (Wildman–Crippen MR) is 158 cm³/mol. The van der Waals surface area contributed by atoms with E-state index >= 15 is 0 Å². The fraction of sp³-hybridized carbons (Fsp3) is 0.433. The van der Waals surface area contributed by atoms with E-state index in [1.54, 1.807) is 0 Å². The van der Waals surface area contributed by atoms with Gasteiger partial charge >= 0.3 is 0 Å². The van der Waals surface area contributed by atoms with E-state index in [0.29, 0.717) is 5.82 Å². The van der Waals surface area contributed by atoms with Gasteiger partial charge in [0.05, 0.1) is 4.99 Å². The monoisotopic (exact) mass is 527 g/mol. The number of hydrogen-bond donors (Lipinski definition) is 1. The number of nitrogens with zero attached hydrogens (tertiary/aromatic N) is 6. The Morgan fingerprint density at radius 2 is 1.76 bits per heavy atom. The molecule has 0 radical (unpaired) electrons. The molecular formula is C30H37N7S. The molecule has 1 fully saturated rings. The highest BCUT2D eigenvalue weighted by molar-refractivity contribution is 7.80. The van der Waals surface area contributed by atoms with Gasteiger partial charge in [-0.25, -0.2) is 4.99 Å². The third-order valence-electron chi connectivity index (χ3n) is 7.53. The molecule has 0 bridgehead atoms. The first-order valence-electron chi connectivity index (χ1n) is 13.8. The number of nitrogens with one attached hydrogen (secondary N) is 1. The molecule has 1 aromatic heterocycles. The van der Waals surface area contributed by atoms with E-state index in [9.17, 15) is 0 Å². The van der Waals surface area contributed by atoms with Crippen LogP contribution in [0.25, 0.3) is 22.5 Å². The Morgan fingerprint density at radius 3 is 2.47 bits per heavy atom. The largest absolute Gasteiger partial charge is 0.366 e. The molecule has 0 spiro atoms. The van der Waals surface area contributed by atoms with Crippen LogP contribution in [0.4, 0.5) is 0 Å². The number of H-pyrrole nitrogens is 1. The maximum atomic E-state index is 5.89. The van der Waals surface area contributed by atoms with Crippen molar-refractivity contribution in [3.63, 3.8) is 0 Å². The van der Waals surface area contributed by atoms with Crippen LogP contribution in [0.5, 0.6) is 0 Å². The molecule has 2 aliphatic rings. The molecule has 0 saturated carbocycles. The zero-order valence-corrected chi connectivity index (χ0v) is 23.3. The molecule has 3 heterocycles. The minimum atomic E-state index is 0.604. The van der Waals surface area contributed by atoms with Crippen LogP contribution < -0.4 is 0 Å². The van der Waals surface area contributed by atoms with Gasteiger partial charge in [0.2, 0.25) is 5.82 Å². The highest BCUT2D eigenvalue weighted by atomic mass is 32.1. The normalized spacial score (nSPS) is 16.1. The number of rotatable bonds is 9. The van der Waals surface area contributed by atoms with Gasteiger partial charge in [0.1, 0.15) is 5.84 Å². The van der Waals surface area contributed by atoms with Crippen LogP contribution in [0.3, 0.4) is 0 Å². The van der Waals surface area contributed by atoms with Crippen LogP contribution in [0.2, 0.25) is 0 Å². The lowest BCUT2D eigenvalue weighted by Gasteiger charge is -2.34. The van der Waals surface area contributed by atoms with Crippen LogP contribution >= 0.6 is 12.2 Å². The Labute approximate surface area is 231 Å². The molecule has 0 atom stereocenters. The first-order valence-corrected chi connectivity index (χ1v) is 14.2. The van der Waals surface area contributed by atoms with Gasteiger partial charge in [0.15, 0.2) is 0 Å². The number of amidine groups is 1. The van der Waals surface area contributed by atoms with E-state index in [1.165, 1.54) is 36.2 Å². The Balaban J connectivity index is 1.32. The third kappa shape index (κ3) is 6.18. The molecule has 2 aromatic carbocycles. The molecule has 3 aromatic rings. The maximum Gasteiger partial charge on any atom is 0.205 e. The molecule has 0 unspecified atom stereocenters. The minimum absolute atomic E-state index is 0.604. The van der Waals surface area contributed by atoms with Gasteiger partial charge < -0.3 is 9.80 Å². The summed E-state index contributed by atoms with van der Waals surface area (Å²) in [6.07, 6.45) is 7.98. The van der Waals surface area contributed by atoms with Crippen molar-refractivity contribution in [2.75, 3.05) is 19.6 Å². The van der Waals surface area contributed by atoms with E-state index < -0.39 is 0 Å².